The quantitative estimate of drug-likeness (QED) is 0.595. The first-order chi connectivity index (χ1) is 8.90. The minimum Gasteiger partial charge on any atom is -0.376 e. The van der Waals surface area contributed by atoms with E-state index >= 15 is 0 Å². The van der Waals surface area contributed by atoms with E-state index in [0.717, 1.165) is 32.0 Å². The average molecular weight is 269 g/mol. The number of hydrogen-bond donors (Lipinski definition) is 2. The van der Waals surface area contributed by atoms with Crippen LogP contribution < -0.4 is 10.6 Å². The summed E-state index contributed by atoms with van der Waals surface area (Å²) in [6.07, 6.45) is 5.06. The number of rotatable bonds is 5. The van der Waals surface area contributed by atoms with Crippen LogP contribution in [0.5, 0.6) is 0 Å². The minimum atomic E-state index is 0.350. The molecule has 0 aromatic heterocycles. The standard InChI is InChI=1S/C15H31N3O/c1-12(8-9-15(2,3)4)18-14(16-5)17-11-13-7-6-10-19-13/h12-13H,6-11H2,1-5H3,(H2,16,17,18). The largest absolute Gasteiger partial charge is 0.376 e. The van der Waals surface area contributed by atoms with E-state index < -0.39 is 0 Å². The van der Waals surface area contributed by atoms with Crippen LogP contribution >= 0.6 is 0 Å². The molecule has 2 atom stereocenters. The van der Waals surface area contributed by atoms with Crippen molar-refractivity contribution in [2.75, 3.05) is 20.2 Å². The van der Waals surface area contributed by atoms with Gasteiger partial charge in [0.05, 0.1) is 6.10 Å². The Labute approximate surface area is 118 Å². The lowest BCUT2D eigenvalue weighted by Gasteiger charge is -2.23. The Hall–Kier alpha value is -0.770. The number of hydrogen-bond acceptors (Lipinski definition) is 2. The van der Waals surface area contributed by atoms with Gasteiger partial charge in [-0.1, -0.05) is 20.8 Å². The molecule has 0 bridgehead atoms. The molecule has 112 valence electrons. The summed E-state index contributed by atoms with van der Waals surface area (Å²) >= 11 is 0. The smallest absolute Gasteiger partial charge is 0.191 e. The number of nitrogens with zero attached hydrogens (tertiary/aromatic N) is 1. The first-order valence-electron chi connectivity index (χ1n) is 7.49. The van der Waals surface area contributed by atoms with Crippen LogP contribution in [0.15, 0.2) is 4.99 Å². The van der Waals surface area contributed by atoms with E-state index in [1.807, 2.05) is 7.05 Å². The lowest BCUT2D eigenvalue weighted by Crippen LogP contribution is -2.44. The molecule has 2 unspecified atom stereocenters. The molecule has 0 aromatic carbocycles. The lowest BCUT2D eigenvalue weighted by atomic mass is 9.89. The van der Waals surface area contributed by atoms with Crippen molar-refractivity contribution in [2.45, 2.75) is 65.5 Å². The van der Waals surface area contributed by atoms with Crippen LogP contribution in [0.2, 0.25) is 0 Å². The van der Waals surface area contributed by atoms with Crippen molar-refractivity contribution in [3.05, 3.63) is 0 Å². The Balaban J connectivity index is 2.23. The zero-order valence-corrected chi connectivity index (χ0v) is 13.3. The second-order valence-electron chi connectivity index (χ2n) is 6.73. The van der Waals surface area contributed by atoms with Crippen molar-refractivity contribution in [1.82, 2.24) is 10.6 Å². The first-order valence-corrected chi connectivity index (χ1v) is 7.49. The van der Waals surface area contributed by atoms with E-state index in [4.69, 9.17) is 4.74 Å². The lowest BCUT2D eigenvalue weighted by molar-refractivity contribution is 0.113. The summed E-state index contributed by atoms with van der Waals surface area (Å²) < 4.78 is 5.60. The molecule has 1 fully saturated rings. The highest BCUT2D eigenvalue weighted by Crippen LogP contribution is 2.21. The molecule has 4 heteroatoms. The molecule has 0 amide bonds. The molecule has 4 nitrogen and oxygen atoms in total. The summed E-state index contributed by atoms with van der Waals surface area (Å²) in [5.41, 5.74) is 0.393. The number of aliphatic imine (C=N–C) groups is 1. The highest BCUT2D eigenvalue weighted by atomic mass is 16.5. The molecule has 2 N–H and O–H groups in total. The van der Waals surface area contributed by atoms with E-state index in [1.54, 1.807) is 0 Å². The van der Waals surface area contributed by atoms with Gasteiger partial charge in [0.15, 0.2) is 5.96 Å². The predicted molar refractivity (Wildman–Crippen MR) is 81.6 cm³/mol. The highest BCUT2D eigenvalue weighted by molar-refractivity contribution is 5.79. The molecule has 19 heavy (non-hydrogen) atoms. The third-order valence-corrected chi connectivity index (χ3v) is 3.46. The Bertz CT molecular complexity index is 278. The van der Waals surface area contributed by atoms with Gasteiger partial charge >= 0.3 is 0 Å². The third-order valence-electron chi connectivity index (χ3n) is 3.46. The maximum Gasteiger partial charge on any atom is 0.191 e. The highest BCUT2D eigenvalue weighted by Gasteiger charge is 2.16. The van der Waals surface area contributed by atoms with E-state index in [0.29, 0.717) is 17.6 Å². The molecule has 0 spiro atoms. The van der Waals surface area contributed by atoms with Crippen LogP contribution in [0.4, 0.5) is 0 Å². The van der Waals surface area contributed by atoms with Gasteiger partial charge in [-0.25, -0.2) is 0 Å². The van der Waals surface area contributed by atoms with Crippen LogP contribution in [0, 0.1) is 5.41 Å². The molecule has 0 radical (unpaired) electrons. The Kier molecular flexibility index (Phi) is 6.63. The number of ether oxygens (including phenoxy) is 1. The fourth-order valence-corrected chi connectivity index (χ4v) is 2.17. The summed E-state index contributed by atoms with van der Waals surface area (Å²) in [5.74, 6) is 0.886. The zero-order chi connectivity index (χ0) is 14.3. The summed E-state index contributed by atoms with van der Waals surface area (Å²) in [7, 11) is 1.82. The normalized spacial score (nSPS) is 22.4. The van der Waals surface area contributed by atoms with Crippen molar-refractivity contribution in [1.29, 1.82) is 0 Å². The number of guanidine groups is 1. The monoisotopic (exact) mass is 269 g/mol. The predicted octanol–water partition coefficient (Wildman–Crippen LogP) is 2.55. The second kappa shape index (κ2) is 7.73. The summed E-state index contributed by atoms with van der Waals surface area (Å²) in [6.45, 7) is 10.8. The maximum absolute atomic E-state index is 5.60. The SMILES string of the molecule is CN=C(NCC1CCCO1)NC(C)CCC(C)(C)C. The molecule has 1 saturated heterocycles. The molecule has 0 aromatic rings. The second-order valence-corrected chi connectivity index (χ2v) is 6.73. The summed E-state index contributed by atoms with van der Waals surface area (Å²) in [5, 5.41) is 6.80. The Morgan fingerprint density at radius 3 is 2.68 bits per heavy atom. The fourth-order valence-electron chi connectivity index (χ4n) is 2.17. The minimum absolute atomic E-state index is 0.350. The van der Waals surface area contributed by atoms with E-state index in [2.05, 4.69) is 43.3 Å². The van der Waals surface area contributed by atoms with E-state index in [-0.39, 0.29) is 0 Å². The van der Waals surface area contributed by atoms with Gasteiger partial charge in [0.1, 0.15) is 0 Å². The molecule has 0 aliphatic carbocycles. The maximum atomic E-state index is 5.60. The van der Waals surface area contributed by atoms with Crippen molar-refractivity contribution in [3.63, 3.8) is 0 Å². The molecule has 0 saturated carbocycles. The molecule has 1 aliphatic rings. The average Bonchev–Trinajstić information content (AvgIpc) is 2.84. The van der Waals surface area contributed by atoms with Crippen molar-refractivity contribution >= 4 is 5.96 Å². The van der Waals surface area contributed by atoms with Crippen molar-refractivity contribution in [2.24, 2.45) is 10.4 Å². The van der Waals surface area contributed by atoms with Gasteiger partial charge in [-0.05, 0) is 38.0 Å². The van der Waals surface area contributed by atoms with Gasteiger partial charge in [-0.2, -0.15) is 0 Å². The topological polar surface area (TPSA) is 45.7 Å². The molecular weight excluding hydrogens is 238 g/mol. The number of nitrogens with one attached hydrogen (secondary N) is 2. The van der Waals surface area contributed by atoms with Crippen LogP contribution in [0.3, 0.4) is 0 Å². The molecule has 1 heterocycles. The zero-order valence-electron chi connectivity index (χ0n) is 13.3. The molecular formula is C15H31N3O. The van der Waals surface area contributed by atoms with Gasteiger partial charge < -0.3 is 15.4 Å². The van der Waals surface area contributed by atoms with Gasteiger partial charge in [-0.3, -0.25) is 4.99 Å². The van der Waals surface area contributed by atoms with Crippen LogP contribution in [-0.2, 0) is 4.74 Å². The fraction of sp³-hybridized carbons (Fsp3) is 0.933. The van der Waals surface area contributed by atoms with Crippen LogP contribution in [0.1, 0.15) is 53.4 Å². The van der Waals surface area contributed by atoms with Gasteiger partial charge in [-0.15, -0.1) is 0 Å². The Morgan fingerprint density at radius 2 is 2.16 bits per heavy atom. The van der Waals surface area contributed by atoms with Gasteiger partial charge in [0.25, 0.3) is 0 Å². The van der Waals surface area contributed by atoms with Crippen LogP contribution in [0.25, 0.3) is 0 Å². The summed E-state index contributed by atoms with van der Waals surface area (Å²) in [6, 6.07) is 0.440. The third kappa shape index (κ3) is 7.41. The van der Waals surface area contributed by atoms with Crippen LogP contribution in [-0.4, -0.2) is 38.3 Å². The van der Waals surface area contributed by atoms with E-state index in [1.165, 1.54) is 12.8 Å². The van der Waals surface area contributed by atoms with Gasteiger partial charge in [0, 0.05) is 26.2 Å². The molecule has 1 aliphatic heterocycles. The van der Waals surface area contributed by atoms with Gasteiger partial charge in [0.2, 0.25) is 0 Å². The molecule has 1 rings (SSSR count). The van der Waals surface area contributed by atoms with E-state index in [9.17, 15) is 0 Å². The van der Waals surface area contributed by atoms with Crippen molar-refractivity contribution < 1.29 is 4.74 Å². The first kappa shape index (κ1) is 16.3. The van der Waals surface area contributed by atoms with Crippen molar-refractivity contribution in [3.8, 4) is 0 Å². The Morgan fingerprint density at radius 1 is 1.42 bits per heavy atom. The summed E-state index contributed by atoms with van der Waals surface area (Å²) in [4.78, 5) is 4.27.